The number of nitrogens with zero attached hydrogens (tertiary/aromatic N) is 3. The van der Waals surface area contributed by atoms with Crippen LogP contribution in [0.3, 0.4) is 0 Å². The molecule has 0 atom stereocenters. The van der Waals surface area contributed by atoms with Crippen molar-refractivity contribution in [2.75, 3.05) is 0 Å². The number of allylic oxidation sites excluding steroid dienone is 8. The molecule has 0 saturated heterocycles. The molecule has 1 heterocycles. The number of hydrogen-bond acceptors (Lipinski definition) is 11. The van der Waals surface area contributed by atoms with Crippen molar-refractivity contribution >= 4 is 34.9 Å². The summed E-state index contributed by atoms with van der Waals surface area (Å²) in [6.45, 7) is 10.8. The number of benzene rings is 1. The number of ether oxygens (including phenoxy) is 1. The first-order chi connectivity index (χ1) is 21.6. The molecule has 4 rings (SSSR count). The highest BCUT2D eigenvalue weighted by molar-refractivity contribution is 6.22. The molecule has 0 spiro atoms. The largest absolute Gasteiger partial charge is 0.573 e. The first-order valence-electron chi connectivity index (χ1n) is 13.8. The van der Waals surface area contributed by atoms with Gasteiger partial charge in [-0.1, -0.05) is 55.3 Å². The standard InChI is InChI=1S/C18H16F3NO4.C14H14N2O4/c1-10(2)13-9-14(11(3)8-15(13)23)22-26-17(24)12-6-4-5-7-16(12)25-18(19,20)21;1-8(2)10-7-11(9(3)6-12(10)17)16-20-14(18)13-4-5-15-19-13/h4-10H,1-3H3;4-8H,1-3H3. The van der Waals surface area contributed by atoms with Crippen LogP contribution in [0.4, 0.5) is 13.2 Å². The lowest BCUT2D eigenvalue weighted by atomic mass is 9.90. The molecular weight excluding hydrogens is 611 g/mol. The van der Waals surface area contributed by atoms with Crippen LogP contribution in [0, 0.1) is 11.8 Å². The molecule has 1 aromatic heterocycles. The quantitative estimate of drug-likeness (QED) is 0.188. The molecule has 2 aliphatic rings. The highest BCUT2D eigenvalue weighted by atomic mass is 19.4. The van der Waals surface area contributed by atoms with Crippen molar-refractivity contribution < 1.29 is 51.3 Å². The highest BCUT2D eigenvalue weighted by Gasteiger charge is 2.33. The number of oxime groups is 2. The first kappa shape index (κ1) is 35.1. The minimum atomic E-state index is -4.94. The average Bonchev–Trinajstić information content (AvgIpc) is 3.51. The number of hydrogen-bond donors (Lipinski definition) is 0. The summed E-state index contributed by atoms with van der Waals surface area (Å²) in [7, 11) is 0. The number of aromatic nitrogens is 1. The van der Waals surface area contributed by atoms with Gasteiger partial charge in [0.05, 0.1) is 6.20 Å². The van der Waals surface area contributed by atoms with Gasteiger partial charge in [-0.05, 0) is 73.3 Å². The zero-order valence-electron chi connectivity index (χ0n) is 25.7. The van der Waals surface area contributed by atoms with Crippen molar-refractivity contribution in [1.82, 2.24) is 5.16 Å². The number of carbonyl (C=O) groups excluding carboxylic acids is 4. The second-order valence-electron chi connectivity index (χ2n) is 10.5. The number of para-hydroxylation sites is 1. The van der Waals surface area contributed by atoms with E-state index in [1.165, 1.54) is 42.6 Å². The van der Waals surface area contributed by atoms with E-state index in [1.54, 1.807) is 19.9 Å². The van der Waals surface area contributed by atoms with Crippen LogP contribution < -0.4 is 4.74 Å². The summed E-state index contributed by atoms with van der Waals surface area (Å²) < 4.78 is 45.7. The maximum Gasteiger partial charge on any atom is 0.573 e. The van der Waals surface area contributed by atoms with Gasteiger partial charge in [0.25, 0.3) is 0 Å². The number of rotatable bonds is 7. The molecule has 0 bridgehead atoms. The number of ketones is 2. The zero-order valence-corrected chi connectivity index (χ0v) is 25.7. The molecule has 46 heavy (non-hydrogen) atoms. The molecule has 242 valence electrons. The van der Waals surface area contributed by atoms with E-state index in [0.717, 1.165) is 12.1 Å². The van der Waals surface area contributed by atoms with E-state index in [9.17, 15) is 32.3 Å². The third-order valence-corrected chi connectivity index (χ3v) is 6.33. The van der Waals surface area contributed by atoms with Crippen LogP contribution in [-0.4, -0.2) is 46.4 Å². The van der Waals surface area contributed by atoms with Gasteiger partial charge >= 0.3 is 18.3 Å². The lowest BCUT2D eigenvalue weighted by Crippen LogP contribution is -2.19. The van der Waals surface area contributed by atoms with E-state index in [2.05, 4.69) is 24.7 Å². The minimum Gasteiger partial charge on any atom is -0.405 e. The number of carbonyl (C=O) groups is 4. The van der Waals surface area contributed by atoms with Crippen molar-refractivity contribution in [1.29, 1.82) is 0 Å². The van der Waals surface area contributed by atoms with Crippen molar-refractivity contribution in [3.05, 3.63) is 94.4 Å². The van der Waals surface area contributed by atoms with Crippen LogP contribution in [0.15, 0.2) is 98.0 Å². The first-order valence-corrected chi connectivity index (χ1v) is 13.8. The van der Waals surface area contributed by atoms with Crippen LogP contribution in [0.25, 0.3) is 0 Å². The van der Waals surface area contributed by atoms with Crippen molar-refractivity contribution in [2.24, 2.45) is 22.1 Å². The molecule has 1 aromatic carbocycles. The van der Waals surface area contributed by atoms with Gasteiger partial charge in [0.2, 0.25) is 5.76 Å². The van der Waals surface area contributed by atoms with Gasteiger partial charge in [0.1, 0.15) is 22.7 Å². The van der Waals surface area contributed by atoms with Crippen LogP contribution in [-0.2, 0) is 19.3 Å². The molecule has 14 heteroatoms. The van der Waals surface area contributed by atoms with E-state index >= 15 is 0 Å². The topological polar surface area (TPSA) is 147 Å². The Morgan fingerprint density at radius 3 is 1.74 bits per heavy atom. The van der Waals surface area contributed by atoms with Gasteiger partial charge < -0.3 is 18.9 Å². The molecule has 0 N–H and O–H groups in total. The van der Waals surface area contributed by atoms with Gasteiger partial charge in [-0.15, -0.1) is 13.2 Å². The van der Waals surface area contributed by atoms with Gasteiger partial charge in [0.15, 0.2) is 11.6 Å². The normalized spacial score (nSPS) is 16.8. The van der Waals surface area contributed by atoms with E-state index < -0.39 is 29.6 Å². The summed E-state index contributed by atoms with van der Waals surface area (Å²) >= 11 is 0. The molecule has 0 unspecified atom stereocenters. The van der Waals surface area contributed by atoms with Gasteiger partial charge in [0, 0.05) is 17.2 Å². The average molecular weight is 642 g/mol. The Balaban J connectivity index is 0.000000259. The Hall–Kier alpha value is -5.40. The smallest absolute Gasteiger partial charge is 0.405 e. The van der Waals surface area contributed by atoms with Crippen molar-refractivity contribution in [3.63, 3.8) is 0 Å². The molecule has 0 amide bonds. The minimum absolute atomic E-state index is 0.0315. The summed E-state index contributed by atoms with van der Waals surface area (Å²) in [4.78, 5) is 56.9. The van der Waals surface area contributed by atoms with E-state index in [4.69, 9.17) is 9.68 Å². The van der Waals surface area contributed by atoms with Crippen LogP contribution in [0.2, 0.25) is 0 Å². The zero-order chi connectivity index (χ0) is 34.2. The molecule has 0 radical (unpaired) electrons. The molecular formula is C32H30F3N3O8. The van der Waals surface area contributed by atoms with Gasteiger partial charge in [-0.3, -0.25) is 9.59 Å². The Labute approximate surface area is 261 Å². The summed E-state index contributed by atoms with van der Waals surface area (Å²) in [6, 6.07) is 6.17. The van der Waals surface area contributed by atoms with Gasteiger partial charge in [-0.25, -0.2) is 9.59 Å². The molecule has 2 aliphatic carbocycles. The van der Waals surface area contributed by atoms with Crippen molar-refractivity contribution in [3.8, 4) is 5.75 Å². The molecule has 0 aliphatic heterocycles. The Morgan fingerprint density at radius 2 is 1.28 bits per heavy atom. The Bertz CT molecular complexity index is 1690. The lowest BCUT2D eigenvalue weighted by Gasteiger charge is -2.15. The van der Waals surface area contributed by atoms with Crippen LogP contribution in [0.5, 0.6) is 5.75 Å². The predicted molar refractivity (Wildman–Crippen MR) is 159 cm³/mol. The van der Waals surface area contributed by atoms with Crippen LogP contribution in [0.1, 0.15) is 62.5 Å². The summed E-state index contributed by atoms with van der Waals surface area (Å²) in [5, 5.41) is 10.9. The summed E-state index contributed by atoms with van der Waals surface area (Å²) in [5.41, 5.74) is 2.51. The molecule has 11 nitrogen and oxygen atoms in total. The molecule has 0 fully saturated rings. The van der Waals surface area contributed by atoms with E-state index in [0.29, 0.717) is 28.0 Å². The fourth-order valence-electron chi connectivity index (χ4n) is 3.92. The fourth-order valence-corrected chi connectivity index (χ4v) is 3.92. The third kappa shape index (κ3) is 9.55. The summed E-state index contributed by atoms with van der Waals surface area (Å²) in [5.74, 6) is -2.76. The Kier molecular flexibility index (Phi) is 11.5. The second kappa shape index (κ2) is 15.1. The maximum atomic E-state index is 12.4. The maximum absolute atomic E-state index is 12.4. The lowest BCUT2D eigenvalue weighted by molar-refractivity contribution is -0.274. The SMILES string of the molecule is CC1=CC(=O)C(C(C)C)=CC1=NOC(=O)c1ccccc1OC(F)(F)F.CC1=CC(=O)C(C(C)C)=CC1=NOC(=O)c1ccno1. The van der Waals surface area contributed by atoms with Crippen molar-refractivity contribution in [2.45, 2.75) is 47.9 Å². The summed E-state index contributed by atoms with van der Waals surface area (Å²) in [6.07, 6.45) is 2.37. The second-order valence-corrected chi connectivity index (χ2v) is 10.5. The van der Waals surface area contributed by atoms with E-state index in [1.807, 2.05) is 27.7 Å². The fraction of sp³-hybridized carbons (Fsp3) is 0.281. The van der Waals surface area contributed by atoms with Gasteiger partial charge in [-0.2, -0.15) is 0 Å². The number of alkyl halides is 3. The number of halogens is 3. The highest BCUT2D eigenvalue weighted by Crippen LogP contribution is 2.27. The molecule has 2 aromatic rings. The Morgan fingerprint density at radius 1 is 0.783 bits per heavy atom. The monoisotopic (exact) mass is 641 g/mol. The van der Waals surface area contributed by atoms with Crippen LogP contribution >= 0.6 is 0 Å². The van der Waals surface area contributed by atoms with E-state index in [-0.39, 0.29) is 34.9 Å². The predicted octanol–water partition coefficient (Wildman–Crippen LogP) is 6.51. The third-order valence-electron chi connectivity index (χ3n) is 6.33. The molecule has 0 saturated carbocycles.